The third-order valence-electron chi connectivity index (χ3n) is 3.06. The van der Waals surface area contributed by atoms with E-state index in [9.17, 15) is 9.59 Å². The zero-order chi connectivity index (χ0) is 15.4. The van der Waals surface area contributed by atoms with Gasteiger partial charge in [0.1, 0.15) is 11.5 Å². The Balaban J connectivity index is 2.02. The van der Waals surface area contributed by atoms with Crippen LogP contribution >= 0.6 is 0 Å². The van der Waals surface area contributed by atoms with Crippen molar-refractivity contribution < 1.29 is 18.7 Å². The lowest BCUT2D eigenvalue weighted by molar-refractivity contribution is 0.0845. The van der Waals surface area contributed by atoms with Gasteiger partial charge in [0.15, 0.2) is 0 Å². The molecule has 0 radical (unpaired) electrons. The Bertz CT molecular complexity index is 676. The number of ether oxygens (including phenoxy) is 1. The largest absolute Gasteiger partial charge is 0.496 e. The predicted molar refractivity (Wildman–Crippen MR) is 76.1 cm³/mol. The van der Waals surface area contributed by atoms with Gasteiger partial charge in [0, 0.05) is 5.56 Å². The highest BCUT2D eigenvalue weighted by Crippen LogP contribution is 2.18. The number of aryl methyl sites for hydroxylation is 2. The minimum atomic E-state index is -0.436. The molecule has 0 atom stereocenters. The van der Waals surface area contributed by atoms with Crippen molar-refractivity contribution in [3.8, 4) is 5.75 Å². The van der Waals surface area contributed by atoms with E-state index < -0.39 is 11.8 Å². The quantitative estimate of drug-likeness (QED) is 0.846. The second-order valence-corrected chi connectivity index (χ2v) is 4.48. The molecule has 110 valence electrons. The molecule has 1 aromatic heterocycles. The Morgan fingerprint density at radius 1 is 1.10 bits per heavy atom. The van der Waals surface area contributed by atoms with Crippen LogP contribution in [0.3, 0.4) is 0 Å². The first-order valence-corrected chi connectivity index (χ1v) is 6.32. The van der Waals surface area contributed by atoms with E-state index in [0.29, 0.717) is 22.6 Å². The molecule has 0 aliphatic rings. The molecule has 0 saturated carbocycles. The average Bonchev–Trinajstić information content (AvgIpc) is 2.91. The van der Waals surface area contributed by atoms with Gasteiger partial charge in [-0.1, -0.05) is 6.07 Å². The van der Waals surface area contributed by atoms with Crippen molar-refractivity contribution in [1.82, 2.24) is 10.9 Å². The van der Waals surface area contributed by atoms with Gasteiger partial charge in [-0.05, 0) is 37.6 Å². The van der Waals surface area contributed by atoms with Crippen LogP contribution in [0.4, 0.5) is 0 Å². The summed E-state index contributed by atoms with van der Waals surface area (Å²) in [7, 11) is 1.54. The van der Waals surface area contributed by atoms with E-state index in [4.69, 9.17) is 9.15 Å². The highest BCUT2D eigenvalue weighted by Gasteiger charge is 2.13. The van der Waals surface area contributed by atoms with E-state index in [-0.39, 0.29) is 0 Å². The normalized spacial score (nSPS) is 10.0. The fourth-order valence-corrected chi connectivity index (χ4v) is 1.83. The van der Waals surface area contributed by atoms with E-state index >= 15 is 0 Å². The number of carbonyl (C=O) groups excluding carboxylic acids is 2. The standard InChI is InChI=1S/C15H16N2O4/c1-9-4-5-11(8-13(9)20-3)14(18)16-17-15(19)12-6-7-21-10(12)2/h4-8H,1-3H3,(H,16,18)(H,17,19). The maximum absolute atomic E-state index is 12.0. The monoisotopic (exact) mass is 288 g/mol. The van der Waals surface area contributed by atoms with Crippen LogP contribution in [-0.4, -0.2) is 18.9 Å². The van der Waals surface area contributed by atoms with Gasteiger partial charge in [0.2, 0.25) is 0 Å². The number of hydrogen-bond donors (Lipinski definition) is 2. The maximum atomic E-state index is 12.0. The lowest BCUT2D eigenvalue weighted by Crippen LogP contribution is -2.41. The first kappa shape index (κ1) is 14.6. The Labute approximate surface area is 122 Å². The lowest BCUT2D eigenvalue weighted by Gasteiger charge is -2.09. The molecule has 0 aliphatic carbocycles. The zero-order valence-electron chi connectivity index (χ0n) is 12.0. The van der Waals surface area contributed by atoms with Crippen molar-refractivity contribution in [2.24, 2.45) is 0 Å². The SMILES string of the molecule is COc1cc(C(=O)NNC(=O)c2ccoc2C)ccc1C. The maximum Gasteiger partial charge on any atom is 0.273 e. The minimum Gasteiger partial charge on any atom is -0.496 e. The summed E-state index contributed by atoms with van der Waals surface area (Å²) >= 11 is 0. The summed E-state index contributed by atoms with van der Waals surface area (Å²) in [4.78, 5) is 23.8. The molecule has 1 aromatic carbocycles. The van der Waals surface area contributed by atoms with E-state index in [1.165, 1.54) is 19.4 Å². The Morgan fingerprint density at radius 3 is 2.43 bits per heavy atom. The number of furan rings is 1. The fraction of sp³-hybridized carbons (Fsp3) is 0.200. The van der Waals surface area contributed by atoms with Crippen LogP contribution in [0.5, 0.6) is 5.75 Å². The van der Waals surface area contributed by atoms with E-state index in [0.717, 1.165) is 5.56 Å². The molecule has 1 heterocycles. The van der Waals surface area contributed by atoms with Crippen molar-refractivity contribution in [3.05, 3.63) is 53.0 Å². The summed E-state index contributed by atoms with van der Waals surface area (Å²) in [6.07, 6.45) is 1.41. The number of methoxy groups -OCH3 is 1. The third kappa shape index (κ3) is 3.22. The van der Waals surface area contributed by atoms with Gasteiger partial charge in [0.25, 0.3) is 11.8 Å². The van der Waals surface area contributed by atoms with Crippen molar-refractivity contribution in [3.63, 3.8) is 0 Å². The molecule has 2 N–H and O–H groups in total. The molecule has 0 fully saturated rings. The van der Waals surface area contributed by atoms with E-state index in [2.05, 4.69) is 10.9 Å². The van der Waals surface area contributed by atoms with Crippen LogP contribution in [0.15, 0.2) is 34.9 Å². The molecule has 21 heavy (non-hydrogen) atoms. The zero-order valence-corrected chi connectivity index (χ0v) is 12.0. The molecule has 0 unspecified atom stereocenters. The van der Waals surface area contributed by atoms with Crippen molar-refractivity contribution >= 4 is 11.8 Å². The molecule has 0 bridgehead atoms. The first-order chi connectivity index (χ1) is 10.0. The number of hydrogen-bond acceptors (Lipinski definition) is 4. The van der Waals surface area contributed by atoms with Crippen LogP contribution in [0.25, 0.3) is 0 Å². The highest BCUT2D eigenvalue weighted by atomic mass is 16.5. The van der Waals surface area contributed by atoms with Crippen LogP contribution < -0.4 is 15.6 Å². The van der Waals surface area contributed by atoms with Gasteiger partial charge in [-0.3, -0.25) is 20.4 Å². The number of hydrazine groups is 1. The molecule has 0 saturated heterocycles. The van der Waals surface area contributed by atoms with E-state index in [1.807, 2.05) is 6.92 Å². The van der Waals surface area contributed by atoms with Crippen LogP contribution in [0.2, 0.25) is 0 Å². The molecular formula is C15H16N2O4. The van der Waals surface area contributed by atoms with Crippen LogP contribution in [0.1, 0.15) is 32.0 Å². The van der Waals surface area contributed by atoms with Crippen LogP contribution in [0, 0.1) is 13.8 Å². The topological polar surface area (TPSA) is 80.6 Å². The van der Waals surface area contributed by atoms with Gasteiger partial charge in [-0.2, -0.15) is 0 Å². The molecular weight excluding hydrogens is 272 g/mol. The Morgan fingerprint density at radius 2 is 1.81 bits per heavy atom. The van der Waals surface area contributed by atoms with E-state index in [1.54, 1.807) is 25.1 Å². The number of benzene rings is 1. The second kappa shape index (κ2) is 6.13. The number of rotatable bonds is 3. The summed E-state index contributed by atoms with van der Waals surface area (Å²) in [5, 5.41) is 0. The van der Waals surface area contributed by atoms with Gasteiger partial charge in [-0.25, -0.2) is 0 Å². The third-order valence-corrected chi connectivity index (χ3v) is 3.06. The first-order valence-electron chi connectivity index (χ1n) is 6.32. The number of amides is 2. The fourth-order valence-electron chi connectivity index (χ4n) is 1.83. The molecule has 0 aliphatic heterocycles. The number of carbonyl (C=O) groups is 2. The lowest BCUT2D eigenvalue weighted by atomic mass is 10.1. The smallest absolute Gasteiger partial charge is 0.273 e. The minimum absolute atomic E-state index is 0.372. The molecule has 6 nitrogen and oxygen atoms in total. The molecule has 2 amide bonds. The summed E-state index contributed by atoms with van der Waals surface area (Å²) in [6.45, 7) is 3.55. The molecule has 2 aromatic rings. The predicted octanol–water partition coefficient (Wildman–Crippen LogP) is 1.98. The van der Waals surface area contributed by atoms with Gasteiger partial charge < -0.3 is 9.15 Å². The second-order valence-electron chi connectivity index (χ2n) is 4.48. The molecule has 0 spiro atoms. The van der Waals surface area contributed by atoms with Crippen molar-refractivity contribution in [2.75, 3.05) is 7.11 Å². The Hall–Kier alpha value is -2.76. The van der Waals surface area contributed by atoms with Crippen molar-refractivity contribution in [2.45, 2.75) is 13.8 Å². The van der Waals surface area contributed by atoms with Gasteiger partial charge in [0.05, 0.1) is 18.9 Å². The summed E-state index contributed by atoms with van der Waals surface area (Å²) in [5.74, 6) is 0.231. The molecule has 6 heteroatoms. The summed E-state index contributed by atoms with van der Waals surface area (Å²) in [6, 6.07) is 6.57. The summed E-state index contributed by atoms with van der Waals surface area (Å²) < 4.78 is 10.2. The van der Waals surface area contributed by atoms with Gasteiger partial charge in [-0.15, -0.1) is 0 Å². The average molecular weight is 288 g/mol. The summed E-state index contributed by atoms with van der Waals surface area (Å²) in [5.41, 5.74) is 6.37. The van der Waals surface area contributed by atoms with Crippen LogP contribution in [-0.2, 0) is 0 Å². The molecule has 2 rings (SSSR count). The highest BCUT2D eigenvalue weighted by molar-refractivity contribution is 5.99. The Kier molecular flexibility index (Phi) is 4.27. The van der Waals surface area contributed by atoms with Crippen molar-refractivity contribution in [1.29, 1.82) is 0 Å². The van der Waals surface area contributed by atoms with Gasteiger partial charge >= 0.3 is 0 Å². The number of nitrogens with one attached hydrogen (secondary N) is 2.